The highest BCUT2D eigenvalue weighted by Gasteiger charge is 2.42. The summed E-state index contributed by atoms with van der Waals surface area (Å²) in [4.78, 5) is 14.5. The maximum atomic E-state index is 12.9. The number of halogens is 1. The third kappa shape index (κ3) is 4.52. The van der Waals surface area contributed by atoms with E-state index in [2.05, 4.69) is 10.2 Å². The molecule has 4 nitrogen and oxygen atoms in total. The predicted octanol–water partition coefficient (Wildman–Crippen LogP) is 1.58. The second-order valence-corrected chi connectivity index (χ2v) is 6.78. The van der Waals surface area contributed by atoms with E-state index in [-0.39, 0.29) is 24.4 Å². The molecule has 3 rings (SSSR count). The molecule has 1 amide bonds. The zero-order valence-corrected chi connectivity index (χ0v) is 13.4. The molecule has 1 aromatic rings. The van der Waals surface area contributed by atoms with Gasteiger partial charge in [-0.05, 0) is 48.8 Å². The first-order valence-corrected chi connectivity index (χ1v) is 8.52. The number of hydrogen-bond acceptors (Lipinski definition) is 3. The Kier molecular flexibility index (Phi) is 5.28. The second-order valence-electron chi connectivity index (χ2n) is 6.78. The average Bonchev–Trinajstić information content (AvgIpc) is 3.30. The van der Waals surface area contributed by atoms with E-state index in [9.17, 15) is 9.18 Å². The maximum absolute atomic E-state index is 12.9. The van der Waals surface area contributed by atoms with Crippen LogP contribution < -0.4 is 5.32 Å². The van der Waals surface area contributed by atoms with Crippen LogP contribution in [0.1, 0.15) is 24.8 Å². The van der Waals surface area contributed by atoms with Gasteiger partial charge in [-0.1, -0.05) is 12.1 Å². The van der Waals surface area contributed by atoms with Gasteiger partial charge in [0.15, 0.2) is 0 Å². The highest BCUT2D eigenvalue weighted by molar-refractivity contribution is 5.76. The van der Waals surface area contributed by atoms with E-state index < -0.39 is 0 Å². The molecule has 126 valence electrons. The van der Waals surface area contributed by atoms with E-state index in [0.29, 0.717) is 25.3 Å². The summed E-state index contributed by atoms with van der Waals surface area (Å²) in [6, 6.07) is 6.53. The first-order chi connectivity index (χ1) is 11.2. The Labute approximate surface area is 136 Å². The molecular weight excluding hydrogens is 295 g/mol. The molecule has 0 bridgehead atoms. The predicted molar refractivity (Wildman–Crippen MR) is 86.4 cm³/mol. The summed E-state index contributed by atoms with van der Waals surface area (Å²) < 4.78 is 12.9. The molecule has 0 radical (unpaired) electrons. The van der Waals surface area contributed by atoms with Gasteiger partial charge in [0.05, 0.1) is 6.61 Å². The SMILES string of the molecule is O=C(CCc1ccc(F)cc1)N[C@@H]1CN(CCO)C[C@H]1C1CC1. The fourth-order valence-corrected chi connectivity index (χ4v) is 3.58. The van der Waals surface area contributed by atoms with Gasteiger partial charge < -0.3 is 10.4 Å². The van der Waals surface area contributed by atoms with E-state index in [1.54, 1.807) is 12.1 Å². The molecule has 1 aliphatic carbocycles. The summed E-state index contributed by atoms with van der Waals surface area (Å²) in [6.45, 7) is 2.67. The number of carbonyl (C=O) groups is 1. The van der Waals surface area contributed by atoms with Crippen LogP contribution >= 0.6 is 0 Å². The standard InChI is InChI=1S/C18H25FN2O2/c19-15-6-1-13(2-7-15)3-8-18(23)20-17-12-21(9-10-22)11-16(17)14-4-5-14/h1-2,6-7,14,16-17,22H,3-5,8-12H2,(H,20,23)/t16-,17+/m0/s1. The van der Waals surface area contributed by atoms with Crippen LogP contribution in [0.4, 0.5) is 4.39 Å². The van der Waals surface area contributed by atoms with E-state index in [4.69, 9.17) is 5.11 Å². The molecule has 23 heavy (non-hydrogen) atoms. The number of nitrogens with one attached hydrogen (secondary N) is 1. The van der Waals surface area contributed by atoms with E-state index >= 15 is 0 Å². The molecule has 2 N–H and O–H groups in total. The monoisotopic (exact) mass is 320 g/mol. The number of carbonyl (C=O) groups excluding carboxylic acids is 1. The number of aryl methyl sites for hydroxylation is 1. The topological polar surface area (TPSA) is 52.6 Å². The number of amides is 1. The summed E-state index contributed by atoms with van der Waals surface area (Å²) in [5, 5.41) is 12.3. The summed E-state index contributed by atoms with van der Waals surface area (Å²) in [5.74, 6) is 1.08. The third-order valence-electron chi connectivity index (χ3n) is 4.98. The molecule has 0 unspecified atom stereocenters. The van der Waals surface area contributed by atoms with Crippen molar-refractivity contribution >= 4 is 5.91 Å². The van der Waals surface area contributed by atoms with Gasteiger partial charge in [0.25, 0.3) is 0 Å². The lowest BCUT2D eigenvalue weighted by molar-refractivity contribution is -0.122. The lowest BCUT2D eigenvalue weighted by Gasteiger charge is -2.19. The Morgan fingerprint density at radius 3 is 2.65 bits per heavy atom. The highest BCUT2D eigenvalue weighted by atomic mass is 19.1. The fraction of sp³-hybridized carbons (Fsp3) is 0.611. The lowest BCUT2D eigenvalue weighted by Crippen LogP contribution is -2.41. The quantitative estimate of drug-likeness (QED) is 0.802. The van der Waals surface area contributed by atoms with Crippen LogP contribution in [0.25, 0.3) is 0 Å². The van der Waals surface area contributed by atoms with Crippen molar-refractivity contribution in [1.82, 2.24) is 10.2 Å². The van der Waals surface area contributed by atoms with Crippen LogP contribution in [-0.4, -0.2) is 48.2 Å². The van der Waals surface area contributed by atoms with Crippen LogP contribution in [0.3, 0.4) is 0 Å². The molecule has 1 aliphatic heterocycles. The minimum Gasteiger partial charge on any atom is -0.395 e. The van der Waals surface area contributed by atoms with Crippen LogP contribution in [0.2, 0.25) is 0 Å². The molecule has 2 atom stereocenters. The lowest BCUT2D eigenvalue weighted by atomic mass is 9.98. The van der Waals surface area contributed by atoms with Crippen molar-refractivity contribution in [1.29, 1.82) is 0 Å². The molecule has 0 spiro atoms. The Hall–Kier alpha value is -1.46. The number of benzene rings is 1. The number of aliphatic hydroxyl groups excluding tert-OH is 1. The molecule has 1 saturated heterocycles. The van der Waals surface area contributed by atoms with Crippen molar-refractivity contribution in [2.75, 3.05) is 26.2 Å². The number of aliphatic hydroxyl groups is 1. The smallest absolute Gasteiger partial charge is 0.220 e. The van der Waals surface area contributed by atoms with Crippen molar-refractivity contribution in [3.05, 3.63) is 35.6 Å². The third-order valence-corrected chi connectivity index (χ3v) is 4.98. The van der Waals surface area contributed by atoms with Gasteiger partial charge in [0.1, 0.15) is 5.82 Å². The molecule has 1 heterocycles. The van der Waals surface area contributed by atoms with E-state index in [0.717, 1.165) is 24.6 Å². The number of β-amino-alcohol motifs (C(OH)–C–C–N with tert-alkyl or cyclic N) is 1. The Bertz CT molecular complexity index is 530. The van der Waals surface area contributed by atoms with Gasteiger partial charge in [0.2, 0.25) is 5.91 Å². The van der Waals surface area contributed by atoms with Crippen LogP contribution in [0.5, 0.6) is 0 Å². The highest BCUT2D eigenvalue weighted by Crippen LogP contribution is 2.41. The van der Waals surface area contributed by atoms with Crippen LogP contribution in [-0.2, 0) is 11.2 Å². The summed E-state index contributed by atoms with van der Waals surface area (Å²) >= 11 is 0. The van der Waals surface area contributed by atoms with E-state index in [1.807, 2.05) is 0 Å². The zero-order chi connectivity index (χ0) is 16.2. The molecule has 1 saturated carbocycles. The number of nitrogens with zero attached hydrogens (tertiary/aromatic N) is 1. The van der Waals surface area contributed by atoms with Crippen molar-refractivity contribution in [2.45, 2.75) is 31.7 Å². The average molecular weight is 320 g/mol. The van der Waals surface area contributed by atoms with E-state index in [1.165, 1.54) is 25.0 Å². The molecule has 1 aromatic carbocycles. The number of likely N-dealkylation sites (tertiary alicyclic amines) is 1. The maximum Gasteiger partial charge on any atom is 0.220 e. The van der Waals surface area contributed by atoms with Crippen molar-refractivity contribution in [3.8, 4) is 0 Å². The minimum absolute atomic E-state index is 0.0656. The first-order valence-electron chi connectivity index (χ1n) is 8.52. The molecule has 2 aliphatic rings. The van der Waals surface area contributed by atoms with Gasteiger partial charge in [-0.2, -0.15) is 0 Å². The van der Waals surface area contributed by atoms with Gasteiger partial charge >= 0.3 is 0 Å². The van der Waals surface area contributed by atoms with Gasteiger partial charge in [0, 0.05) is 32.1 Å². The van der Waals surface area contributed by atoms with Crippen molar-refractivity contribution in [2.24, 2.45) is 11.8 Å². The minimum atomic E-state index is -0.250. The first kappa shape index (κ1) is 16.4. The zero-order valence-electron chi connectivity index (χ0n) is 13.4. The van der Waals surface area contributed by atoms with Gasteiger partial charge in [-0.25, -0.2) is 4.39 Å². The van der Waals surface area contributed by atoms with Crippen LogP contribution in [0.15, 0.2) is 24.3 Å². The van der Waals surface area contributed by atoms with Crippen LogP contribution in [0, 0.1) is 17.7 Å². The fourth-order valence-electron chi connectivity index (χ4n) is 3.58. The number of hydrogen-bond donors (Lipinski definition) is 2. The molecule has 2 fully saturated rings. The largest absolute Gasteiger partial charge is 0.395 e. The van der Waals surface area contributed by atoms with Crippen molar-refractivity contribution in [3.63, 3.8) is 0 Å². The normalized spacial score (nSPS) is 24.8. The van der Waals surface area contributed by atoms with Gasteiger partial charge in [-0.15, -0.1) is 0 Å². The Morgan fingerprint density at radius 2 is 2.00 bits per heavy atom. The summed E-state index contributed by atoms with van der Waals surface area (Å²) in [7, 11) is 0. The molecule has 0 aromatic heterocycles. The van der Waals surface area contributed by atoms with Gasteiger partial charge in [-0.3, -0.25) is 9.69 Å². The van der Waals surface area contributed by atoms with Crippen molar-refractivity contribution < 1.29 is 14.3 Å². The summed E-state index contributed by atoms with van der Waals surface area (Å²) in [5.41, 5.74) is 0.980. The molecule has 5 heteroatoms. The molecular formula is C18H25FN2O2. The number of rotatable bonds is 7. The summed E-state index contributed by atoms with van der Waals surface area (Å²) in [6.07, 6.45) is 3.59. The Morgan fingerprint density at radius 1 is 1.26 bits per heavy atom. The second kappa shape index (κ2) is 7.41. The Balaban J connectivity index is 1.48.